The topological polar surface area (TPSA) is 50.7 Å². The lowest BCUT2D eigenvalue weighted by Gasteiger charge is -2.24. The van der Waals surface area contributed by atoms with E-state index in [-0.39, 0.29) is 5.91 Å². The lowest BCUT2D eigenvalue weighted by molar-refractivity contribution is -0.134. The Labute approximate surface area is 147 Å². The van der Waals surface area contributed by atoms with Crippen LogP contribution in [-0.4, -0.2) is 17.7 Å². The number of hydrogen-bond donors (Lipinski definition) is 1. The third-order valence-electron chi connectivity index (χ3n) is 3.53. The van der Waals surface area contributed by atoms with E-state index >= 15 is 0 Å². The second-order valence-electron chi connectivity index (χ2n) is 5.83. The molecule has 2 aromatic rings. The van der Waals surface area contributed by atoms with E-state index in [2.05, 4.69) is 17.5 Å². The Hall–Kier alpha value is -2.33. The van der Waals surface area contributed by atoms with E-state index in [4.69, 9.17) is 16.3 Å². The molecule has 5 heteroatoms. The summed E-state index contributed by atoms with van der Waals surface area (Å²) < 4.78 is 5.78. The molecule has 0 unspecified atom stereocenters. The van der Waals surface area contributed by atoms with Gasteiger partial charge in [0.05, 0.1) is 6.21 Å². The van der Waals surface area contributed by atoms with Crippen molar-refractivity contribution in [3.05, 3.63) is 64.7 Å². The minimum Gasteiger partial charge on any atom is -0.478 e. The number of halogens is 1. The summed E-state index contributed by atoms with van der Waals surface area (Å²) in [7, 11) is 0. The number of hydrazone groups is 1. The zero-order valence-electron chi connectivity index (χ0n) is 14.0. The maximum atomic E-state index is 12.3. The highest BCUT2D eigenvalue weighted by atomic mass is 35.5. The molecule has 126 valence electrons. The first-order valence-corrected chi connectivity index (χ1v) is 8.16. The number of amides is 1. The average Bonchev–Trinajstić information content (AvgIpc) is 2.57. The second-order valence-corrected chi connectivity index (χ2v) is 6.24. The van der Waals surface area contributed by atoms with Crippen LogP contribution in [0.1, 0.15) is 31.9 Å². The monoisotopic (exact) mass is 344 g/mol. The number of aryl methyl sites for hydroxylation is 1. The van der Waals surface area contributed by atoms with Gasteiger partial charge in [-0.25, -0.2) is 5.43 Å². The first-order valence-electron chi connectivity index (χ1n) is 7.78. The molecule has 0 saturated heterocycles. The normalized spacial score (nSPS) is 11.5. The summed E-state index contributed by atoms with van der Waals surface area (Å²) in [5.41, 5.74) is 3.38. The Bertz CT molecular complexity index is 724. The fourth-order valence-electron chi connectivity index (χ4n) is 2.01. The van der Waals surface area contributed by atoms with E-state index in [1.807, 2.05) is 42.5 Å². The van der Waals surface area contributed by atoms with Crippen molar-refractivity contribution in [3.63, 3.8) is 0 Å². The summed E-state index contributed by atoms with van der Waals surface area (Å²) >= 11 is 6.03. The molecule has 4 nitrogen and oxygen atoms in total. The minimum atomic E-state index is -1.05. The summed E-state index contributed by atoms with van der Waals surface area (Å²) in [6, 6.07) is 15.0. The number of nitrogens with zero attached hydrogens (tertiary/aromatic N) is 1. The van der Waals surface area contributed by atoms with Crippen molar-refractivity contribution in [1.82, 2.24) is 5.43 Å². The minimum absolute atomic E-state index is 0.342. The van der Waals surface area contributed by atoms with E-state index in [0.29, 0.717) is 10.8 Å². The SMILES string of the molecule is CCc1ccc(OC(C)(C)C(=O)N/N=C\c2ccccc2Cl)cc1. The maximum absolute atomic E-state index is 12.3. The molecule has 0 fully saturated rings. The number of ether oxygens (including phenoxy) is 1. The summed E-state index contributed by atoms with van der Waals surface area (Å²) in [5, 5.41) is 4.52. The number of nitrogens with one attached hydrogen (secondary N) is 1. The lowest BCUT2D eigenvalue weighted by Crippen LogP contribution is -2.44. The van der Waals surface area contributed by atoms with Gasteiger partial charge in [-0.15, -0.1) is 0 Å². The molecule has 1 N–H and O–H groups in total. The molecular weight excluding hydrogens is 324 g/mol. The van der Waals surface area contributed by atoms with Gasteiger partial charge in [0.2, 0.25) is 0 Å². The summed E-state index contributed by atoms with van der Waals surface area (Å²) in [6.07, 6.45) is 2.47. The first kappa shape index (κ1) is 18.0. The summed E-state index contributed by atoms with van der Waals surface area (Å²) in [5.74, 6) is 0.299. The fourth-order valence-corrected chi connectivity index (χ4v) is 2.19. The van der Waals surface area contributed by atoms with Crippen LogP contribution < -0.4 is 10.2 Å². The van der Waals surface area contributed by atoms with Crippen LogP contribution in [0.15, 0.2) is 53.6 Å². The number of carbonyl (C=O) groups is 1. The number of carbonyl (C=O) groups excluding carboxylic acids is 1. The third-order valence-corrected chi connectivity index (χ3v) is 3.87. The Morgan fingerprint density at radius 1 is 1.21 bits per heavy atom. The molecule has 1 amide bonds. The molecule has 0 radical (unpaired) electrons. The van der Waals surface area contributed by atoms with Gasteiger partial charge >= 0.3 is 0 Å². The third kappa shape index (κ3) is 4.83. The predicted molar refractivity (Wildman–Crippen MR) is 97.7 cm³/mol. The van der Waals surface area contributed by atoms with Gasteiger partial charge in [0.15, 0.2) is 5.60 Å². The molecule has 0 aliphatic carbocycles. The molecule has 0 saturated carbocycles. The fraction of sp³-hybridized carbons (Fsp3) is 0.263. The van der Waals surface area contributed by atoms with Crippen molar-refractivity contribution < 1.29 is 9.53 Å². The molecule has 2 aromatic carbocycles. The molecule has 24 heavy (non-hydrogen) atoms. The number of hydrogen-bond acceptors (Lipinski definition) is 3. The quantitative estimate of drug-likeness (QED) is 0.630. The molecule has 0 heterocycles. The molecule has 2 rings (SSSR count). The van der Waals surface area contributed by atoms with Gasteiger partial charge < -0.3 is 4.74 Å². The molecule has 0 atom stereocenters. The standard InChI is InChI=1S/C19H21ClN2O2/c1-4-14-9-11-16(12-10-14)24-19(2,3)18(23)22-21-13-15-7-5-6-8-17(15)20/h5-13H,4H2,1-3H3,(H,22,23)/b21-13-. The van der Waals surface area contributed by atoms with Crippen LogP contribution >= 0.6 is 11.6 Å². The van der Waals surface area contributed by atoms with Crippen LogP contribution in [0.3, 0.4) is 0 Å². The van der Waals surface area contributed by atoms with E-state index in [9.17, 15) is 4.79 Å². The average molecular weight is 345 g/mol. The van der Waals surface area contributed by atoms with E-state index in [1.54, 1.807) is 19.9 Å². The molecule has 0 aliphatic heterocycles. The van der Waals surface area contributed by atoms with Gasteiger partial charge in [-0.05, 0) is 44.0 Å². The van der Waals surface area contributed by atoms with Crippen LogP contribution in [0.4, 0.5) is 0 Å². The molecule has 0 spiro atoms. The molecular formula is C19H21ClN2O2. The van der Waals surface area contributed by atoms with Crippen molar-refractivity contribution in [2.45, 2.75) is 32.8 Å². The molecule has 0 aliphatic rings. The van der Waals surface area contributed by atoms with Gasteiger partial charge in [0, 0.05) is 10.6 Å². The Morgan fingerprint density at radius 3 is 2.50 bits per heavy atom. The zero-order chi connectivity index (χ0) is 17.6. The highest BCUT2D eigenvalue weighted by Crippen LogP contribution is 2.19. The van der Waals surface area contributed by atoms with Crippen LogP contribution in [0.25, 0.3) is 0 Å². The summed E-state index contributed by atoms with van der Waals surface area (Å²) in [6.45, 7) is 5.48. The van der Waals surface area contributed by atoms with Crippen molar-refractivity contribution in [1.29, 1.82) is 0 Å². The van der Waals surface area contributed by atoms with Crippen molar-refractivity contribution in [2.24, 2.45) is 5.10 Å². The molecule has 0 aromatic heterocycles. The van der Waals surface area contributed by atoms with Gasteiger partial charge in [-0.3, -0.25) is 4.79 Å². The van der Waals surface area contributed by atoms with Gasteiger partial charge in [-0.2, -0.15) is 5.10 Å². The van der Waals surface area contributed by atoms with Crippen LogP contribution in [0.5, 0.6) is 5.75 Å². The lowest BCUT2D eigenvalue weighted by atomic mass is 10.1. The highest BCUT2D eigenvalue weighted by Gasteiger charge is 2.29. The van der Waals surface area contributed by atoms with Crippen molar-refractivity contribution in [2.75, 3.05) is 0 Å². The highest BCUT2D eigenvalue weighted by molar-refractivity contribution is 6.33. The largest absolute Gasteiger partial charge is 0.478 e. The van der Waals surface area contributed by atoms with Gasteiger partial charge in [0.1, 0.15) is 5.75 Å². The van der Waals surface area contributed by atoms with Gasteiger partial charge in [0.25, 0.3) is 5.91 Å². The first-order chi connectivity index (χ1) is 11.4. The van der Waals surface area contributed by atoms with E-state index < -0.39 is 5.60 Å². The predicted octanol–water partition coefficient (Wildman–Crippen LogP) is 4.21. The van der Waals surface area contributed by atoms with E-state index in [0.717, 1.165) is 12.0 Å². The smallest absolute Gasteiger partial charge is 0.283 e. The Morgan fingerprint density at radius 2 is 1.88 bits per heavy atom. The number of benzene rings is 2. The van der Waals surface area contributed by atoms with Gasteiger partial charge in [-0.1, -0.05) is 48.9 Å². The summed E-state index contributed by atoms with van der Waals surface area (Å²) in [4.78, 5) is 12.3. The van der Waals surface area contributed by atoms with Crippen molar-refractivity contribution >= 4 is 23.7 Å². The van der Waals surface area contributed by atoms with Crippen molar-refractivity contribution in [3.8, 4) is 5.75 Å². The van der Waals surface area contributed by atoms with Crippen LogP contribution in [0.2, 0.25) is 5.02 Å². The van der Waals surface area contributed by atoms with Crippen LogP contribution in [0, 0.1) is 0 Å². The number of rotatable bonds is 6. The molecule has 0 bridgehead atoms. The second kappa shape index (κ2) is 7.97. The Kier molecular flexibility index (Phi) is 5.99. The maximum Gasteiger partial charge on any atom is 0.283 e. The van der Waals surface area contributed by atoms with Crippen LogP contribution in [-0.2, 0) is 11.2 Å². The van der Waals surface area contributed by atoms with E-state index in [1.165, 1.54) is 11.8 Å². The Balaban J connectivity index is 1.97. The zero-order valence-corrected chi connectivity index (χ0v) is 14.8.